The Morgan fingerprint density at radius 1 is 1.29 bits per heavy atom. The van der Waals surface area contributed by atoms with Crippen LogP contribution < -0.4 is 0 Å². The number of hydrogen-bond acceptors (Lipinski definition) is 0. The van der Waals surface area contributed by atoms with E-state index in [0.29, 0.717) is 5.92 Å². The van der Waals surface area contributed by atoms with Crippen molar-refractivity contribution in [1.82, 2.24) is 0 Å². The molecule has 2 unspecified atom stereocenters. The Bertz CT molecular complexity index is 468. The minimum Gasteiger partial charge on any atom is -0.214 e. The summed E-state index contributed by atoms with van der Waals surface area (Å²) >= 11 is 14.2. The van der Waals surface area contributed by atoms with E-state index in [1.165, 1.54) is 5.57 Å². The maximum atomic E-state index is 6.25. The third-order valence-corrected chi connectivity index (χ3v) is 4.48. The van der Waals surface area contributed by atoms with E-state index < -0.39 is 4.33 Å². The molecule has 3 rings (SSSR count). The molecule has 0 bridgehead atoms. The predicted octanol–water partition coefficient (Wildman–Crippen LogP) is 5.71. The fourth-order valence-electron chi connectivity index (χ4n) is 2.23. The van der Waals surface area contributed by atoms with Crippen LogP contribution in [0.1, 0.15) is 13.3 Å². The molecule has 1 aromatic carbocycles. The average molecular weight is 417 g/mol. The quantitative estimate of drug-likeness (QED) is 0.289. The van der Waals surface area contributed by atoms with Gasteiger partial charge in [0.1, 0.15) is 4.33 Å². The first-order chi connectivity index (χ1) is 9.85. The van der Waals surface area contributed by atoms with E-state index in [1.807, 2.05) is 30.3 Å². The van der Waals surface area contributed by atoms with Gasteiger partial charge in [-0.25, -0.2) is 30.2 Å². The van der Waals surface area contributed by atoms with Crippen molar-refractivity contribution in [1.29, 1.82) is 0 Å². The van der Waals surface area contributed by atoms with Gasteiger partial charge in [0.15, 0.2) is 0 Å². The molecule has 0 aromatic heterocycles. The maximum absolute atomic E-state index is 6.25. The van der Waals surface area contributed by atoms with E-state index >= 15 is 0 Å². The Labute approximate surface area is 154 Å². The smallest absolute Gasteiger partial charge is 0.172 e. The fraction of sp³-hybridized carbons (Fsp3) is 0.412. The van der Waals surface area contributed by atoms with Gasteiger partial charge in [-0.2, -0.15) is 18.2 Å². The second-order valence-electron chi connectivity index (χ2n) is 5.48. The van der Waals surface area contributed by atoms with Crippen molar-refractivity contribution in [3.8, 4) is 0 Å². The SMILES string of the molecule is CC1[CH-]C2=CC=CCC2C1(Cl)Cl.C[Si](C)=[Zr+2].c1cc[cH-]c1. The summed E-state index contributed by atoms with van der Waals surface area (Å²) in [5.74, 6) is 0.567. The molecule has 4 heteroatoms. The normalized spacial score (nSPS) is 24.4. The van der Waals surface area contributed by atoms with Gasteiger partial charge in [0.05, 0.1) is 0 Å². The largest absolute Gasteiger partial charge is 0.214 e. The number of halogens is 2. The molecule has 2 atom stereocenters. The Morgan fingerprint density at radius 3 is 2.29 bits per heavy atom. The first kappa shape index (κ1) is 19.4. The summed E-state index contributed by atoms with van der Waals surface area (Å²) in [4.78, 5) is 0. The molecule has 21 heavy (non-hydrogen) atoms. The van der Waals surface area contributed by atoms with Gasteiger partial charge in [-0.05, 0) is 12.3 Å². The van der Waals surface area contributed by atoms with Crippen molar-refractivity contribution in [2.24, 2.45) is 11.8 Å². The Balaban J connectivity index is 0.000000203. The molecule has 0 N–H and O–H groups in total. The number of alkyl halides is 2. The molecule has 2 aliphatic carbocycles. The van der Waals surface area contributed by atoms with Gasteiger partial charge in [-0.3, -0.25) is 0 Å². The van der Waals surface area contributed by atoms with E-state index in [2.05, 4.69) is 44.7 Å². The van der Waals surface area contributed by atoms with Gasteiger partial charge in [0, 0.05) is 0 Å². The molecular weight excluding hydrogens is 394 g/mol. The molecule has 0 aliphatic heterocycles. The van der Waals surface area contributed by atoms with Crippen LogP contribution in [0.15, 0.2) is 54.1 Å². The van der Waals surface area contributed by atoms with Gasteiger partial charge in [-0.1, -0.05) is 12.8 Å². The first-order valence-corrected chi connectivity index (χ1v) is 14.1. The number of allylic oxidation sites excluding steroid dienone is 4. The topological polar surface area (TPSA) is 0 Å². The summed E-state index contributed by atoms with van der Waals surface area (Å²) in [5.41, 5.74) is 1.51. The van der Waals surface area contributed by atoms with Crippen molar-refractivity contribution in [2.45, 2.75) is 30.8 Å². The van der Waals surface area contributed by atoms with Crippen LogP contribution in [0, 0.1) is 18.3 Å². The first-order valence-electron chi connectivity index (χ1n) is 7.13. The number of rotatable bonds is 0. The zero-order valence-electron chi connectivity index (χ0n) is 12.8. The maximum Gasteiger partial charge on any atom is -0.172 e. The van der Waals surface area contributed by atoms with Crippen LogP contribution in [-0.2, 0) is 23.3 Å². The fourth-order valence-corrected chi connectivity index (χ4v) is 2.79. The number of fused-ring (bicyclic) bond motifs is 1. The summed E-state index contributed by atoms with van der Waals surface area (Å²) in [6.07, 6.45) is 9.45. The summed E-state index contributed by atoms with van der Waals surface area (Å²) in [6, 6.07) is 10.0. The van der Waals surface area contributed by atoms with Crippen molar-refractivity contribution >= 4 is 28.6 Å². The minimum absolute atomic E-state index is 0.210. The summed E-state index contributed by atoms with van der Waals surface area (Å²) in [7, 11) is 0. The van der Waals surface area contributed by atoms with Crippen LogP contribution >= 0.6 is 23.2 Å². The van der Waals surface area contributed by atoms with E-state index in [-0.39, 0.29) is 11.4 Å². The van der Waals surface area contributed by atoms with Gasteiger partial charge in [0.2, 0.25) is 0 Å². The van der Waals surface area contributed by atoms with Crippen molar-refractivity contribution in [3.05, 3.63) is 60.6 Å². The zero-order valence-corrected chi connectivity index (χ0v) is 17.8. The molecule has 0 spiro atoms. The van der Waals surface area contributed by atoms with Crippen LogP contribution in [0.5, 0.6) is 0 Å². The molecule has 0 radical (unpaired) electrons. The molecular formula is C17H22Cl2SiZr. The Morgan fingerprint density at radius 2 is 1.86 bits per heavy atom. The van der Waals surface area contributed by atoms with E-state index in [4.69, 9.17) is 23.2 Å². The van der Waals surface area contributed by atoms with Crippen molar-refractivity contribution in [2.75, 3.05) is 0 Å². The Kier molecular flexibility index (Phi) is 8.79. The molecule has 1 fully saturated rings. The molecule has 1 aromatic rings. The second kappa shape index (κ2) is 9.50. The molecule has 0 nitrogen and oxygen atoms in total. The van der Waals surface area contributed by atoms with Crippen LogP contribution in [0.25, 0.3) is 0 Å². The molecule has 0 heterocycles. The van der Waals surface area contributed by atoms with E-state index in [1.54, 1.807) is 23.3 Å². The van der Waals surface area contributed by atoms with Crippen LogP contribution in [0.3, 0.4) is 0 Å². The second-order valence-corrected chi connectivity index (χ2v) is 16.3. The number of hydrogen-bond donors (Lipinski definition) is 0. The monoisotopic (exact) mass is 414 g/mol. The summed E-state index contributed by atoms with van der Waals surface area (Å²) in [6.45, 7) is 6.69. The standard InChI is InChI=1S/C10H11Cl2.C5H5.C2H6Si.Zr/c1-7-6-8-4-2-3-5-9(8)10(7,11)12;1-2-4-5-3-1;1-3-2;/h2-4,6-7,9H,5H2,1H3;1-5H;1-2H3;/q2*-1;;+2. The van der Waals surface area contributed by atoms with Gasteiger partial charge < -0.3 is 0 Å². The molecule has 112 valence electrons. The summed E-state index contributed by atoms with van der Waals surface area (Å²) < 4.78 is -0.587. The van der Waals surface area contributed by atoms with Gasteiger partial charge in [-0.15, -0.1) is 35.4 Å². The third kappa shape index (κ3) is 6.57. The Hall–Kier alpha value is 0.380. The zero-order chi connectivity index (χ0) is 15.9. The van der Waals surface area contributed by atoms with Crippen LogP contribution in [0.4, 0.5) is 0 Å². The van der Waals surface area contributed by atoms with Crippen molar-refractivity contribution in [3.63, 3.8) is 0 Å². The molecule has 0 saturated heterocycles. The van der Waals surface area contributed by atoms with Crippen LogP contribution in [-0.4, -0.2) is 9.77 Å². The van der Waals surface area contributed by atoms with E-state index in [9.17, 15) is 0 Å². The molecule has 2 aliphatic rings. The average Bonchev–Trinajstić information content (AvgIpc) is 3.02. The van der Waals surface area contributed by atoms with Crippen LogP contribution in [0.2, 0.25) is 13.1 Å². The van der Waals surface area contributed by atoms with E-state index in [0.717, 1.165) is 6.42 Å². The third-order valence-electron chi connectivity index (χ3n) is 3.27. The minimum atomic E-state index is -0.587. The van der Waals surface area contributed by atoms with Crippen molar-refractivity contribution < 1.29 is 23.3 Å². The molecule has 0 amide bonds. The van der Waals surface area contributed by atoms with Gasteiger partial charge in [0.25, 0.3) is 0 Å². The molecule has 1 saturated carbocycles. The summed E-state index contributed by atoms with van der Waals surface area (Å²) in [5, 5.41) is 0. The predicted molar refractivity (Wildman–Crippen MR) is 92.7 cm³/mol. The van der Waals surface area contributed by atoms with Gasteiger partial charge >= 0.3 is 41.9 Å².